The van der Waals surface area contributed by atoms with Gasteiger partial charge < -0.3 is 15.2 Å². The predicted octanol–water partition coefficient (Wildman–Crippen LogP) is 2.61. The molecule has 0 saturated heterocycles. The molecule has 2 aromatic heterocycles. The molecule has 1 aromatic carbocycles. The Labute approximate surface area is 143 Å². The van der Waals surface area contributed by atoms with Crippen LogP contribution >= 0.6 is 11.3 Å². The molecule has 124 valence electrons. The molecule has 6 nitrogen and oxygen atoms in total. The first kappa shape index (κ1) is 16.4. The monoisotopic (exact) mass is 342 g/mol. The number of anilines is 1. The molecule has 2 heterocycles. The number of nitrogens with one attached hydrogen (secondary N) is 2. The molecule has 0 fully saturated rings. The molecule has 0 aliphatic rings. The third-order valence-electron chi connectivity index (χ3n) is 3.55. The number of rotatable bonds is 4. The Bertz CT molecular complexity index is 944. The Morgan fingerprint density at radius 1 is 1.29 bits per heavy atom. The van der Waals surface area contributed by atoms with E-state index in [1.165, 1.54) is 11.3 Å². The second-order valence-electron chi connectivity index (χ2n) is 5.81. The third kappa shape index (κ3) is 3.22. The van der Waals surface area contributed by atoms with Crippen LogP contribution in [0.1, 0.15) is 21.1 Å². The number of hydrogen-bond donors (Lipinski definition) is 2. The normalized spacial score (nSPS) is 11.2. The number of fused-ring (bicyclic) bond motifs is 1. The van der Waals surface area contributed by atoms with Gasteiger partial charge in [-0.2, -0.15) is 0 Å². The lowest BCUT2D eigenvalue weighted by Crippen LogP contribution is -2.18. The number of thiophene rings is 1. The summed E-state index contributed by atoms with van der Waals surface area (Å²) < 4.78 is 0. The van der Waals surface area contributed by atoms with Crippen molar-refractivity contribution in [3.05, 3.63) is 57.0 Å². The zero-order valence-electron chi connectivity index (χ0n) is 13.7. The topological polar surface area (TPSA) is 78.1 Å². The lowest BCUT2D eigenvalue weighted by molar-refractivity contribution is 0.103. The van der Waals surface area contributed by atoms with Gasteiger partial charge in [-0.25, -0.2) is 4.98 Å². The smallest absolute Gasteiger partial charge is 0.266 e. The van der Waals surface area contributed by atoms with Crippen LogP contribution in [-0.4, -0.2) is 34.9 Å². The van der Waals surface area contributed by atoms with Crippen LogP contribution in [0.3, 0.4) is 0 Å². The van der Waals surface area contributed by atoms with E-state index in [1.807, 2.05) is 49.3 Å². The van der Waals surface area contributed by atoms with Gasteiger partial charge in [0.2, 0.25) is 0 Å². The molecule has 3 rings (SSSR count). The fourth-order valence-corrected chi connectivity index (χ4v) is 3.58. The molecule has 0 atom stereocenters. The lowest BCUT2D eigenvalue weighted by atomic mass is 10.2. The molecule has 0 saturated carbocycles. The molecule has 1 amide bonds. The first-order valence-electron chi connectivity index (χ1n) is 7.49. The van der Waals surface area contributed by atoms with Crippen molar-refractivity contribution in [2.24, 2.45) is 0 Å². The maximum absolute atomic E-state index is 12.5. The lowest BCUT2D eigenvalue weighted by Gasteiger charge is -2.07. The third-order valence-corrected chi connectivity index (χ3v) is 4.74. The summed E-state index contributed by atoms with van der Waals surface area (Å²) in [4.78, 5) is 35.2. The van der Waals surface area contributed by atoms with Gasteiger partial charge in [0.25, 0.3) is 11.5 Å². The average Bonchev–Trinajstić information content (AvgIpc) is 2.85. The van der Waals surface area contributed by atoms with Crippen molar-refractivity contribution in [1.29, 1.82) is 0 Å². The van der Waals surface area contributed by atoms with Crippen LogP contribution in [0.4, 0.5) is 5.69 Å². The van der Waals surface area contributed by atoms with E-state index < -0.39 is 0 Å². The van der Waals surface area contributed by atoms with Gasteiger partial charge in [-0.05, 0) is 38.7 Å². The molecule has 2 N–H and O–H groups in total. The maximum atomic E-state index is 12.5. The van der Waals surface area contributed by atoms with Gasteiger partial charge in [0.05, 0.1) is 16.8 Å². The Kier molecular flexibility index (Phi) is 4.46. The number of H-pyrrole nitrogens is 1. The summed E-state index contributed by atoms with van der Waals surface area (Å²) in [7, 11) is 3.81. The van der Waals surface area contributed by atoms with E-state index in [1.54, 1.807) is 6.92 Å². The van der Waals surface area contributed by atoms with E-state index in [-0.39, 0.29) is 11.5 Å². The number of para-hydroxylation sites is 1. The minimum atomic E-state index is -0.227. The zero-order valence-corrected chi connectivity index (χ0v) is 14.5. The highest BCUT2D eigenvalue weighted by molar-refractivity contribution is 7.20. The van der Waals surface area contributed by atoms with Crippen LogP contribution in [0.2, 0.25) is 0 Å². The van der Waals surface area contributed by atoms with Gasteiger partial charge in [0.15, 0.2) is 0 Å². The number of amides is 1. The molecular formula is C17H18N4O2S. The van der Waals surface area contributed by atoms with Gasteiger partial charge >= 0.3 is 0 Å². The Morgan fingerprint density at radius 3 is 2.67 bits per heavy atom. The average molecular weight is 342 g/mol. The molecule has 0 aliphatic heterocycles. The first-order chi connectivity index (χ1) is 11.5. The zero-order chi connectivity index (χ0) is 17.3. The van der Waals surface area contributed by atoms with Crippen LogP contribution in [-0.2, 0) is 6.54 Å². The summed E-state index contributed by atoms with van der Waals surface area (Å²) in [6, 6.07) is 9.23. The standard InChI is InChI=1S/C17H18N4O2S/c1-10-13-15(22)19-12(9-21(2)3)20-17(13)24-14(10)16(23)18-11-7-5-4-6-8-11/h4-8H,9H2,1-3H3,(H,18,23)(H,19,20,22). The number of hydrogen-bond acceptors (Lipinski definition) is 5. The summed E-state index contributed by atoms with van der Waals surface area (Å²) in [6.07, 6.45) is 0. The number of nitrogens with zero attached hydrogens (tertiary/aromatic N) is 2. The van der Waals surface area contributed by atoms with Gasteiger partial charge in [0.1, 0.15) is 10.7 Å². The van der Waals surface area contributed by atoms with E-state index in [0.717, 1.165) is 5.69 Å². The van der Waals surface area contributed by atoms with Gasteiger partial charge in [0, 0.05) is 5.69 Å². The highest BCUT2D eigenvalue weighted by atomic mass is 32.1. The van der Waals surface area contributed by atoms with E-state index in [9.17, 15) is 9.59 Å². The second kappa shape index (κ2) is 6.54. The summed E-state index contributed by atoms with van der Waals surface area (Å²) in [5.74, 6) is 0.365. The van der Waals surface area contributed by atoms with E-state index in [2.05, 4.69) is 15.3 Å². The summed E-state index contributed by atoms with van der Waals surface area (Å²) in [5.41, 5.74) is 1.17. The van der Waals surface area contributed by atoms with E-state index in [0.29, 0.717) is 33.0 Å². The number of aromatic nitrogens is 2. The van der Waals surface area contributed by atoms with Crippen molar-refractivity contribution in [2.75, 3.05) is 19.4 Å². The van der Waals surface area contributed by atoms with Crippen molar-refractivity contribution >= 4 is 33.1 Å². The Morgan fingerprint density at radius 2 is 2.00 bits per heavy atom. The predicted molar refractivity (Wildman–Crippen MR) is 96.8 cm³/mol. The molecule has 7 heteroatoms. The SMILES string of the molecule is Cc1c(C(=O)Nc2ccccc2)sc2nc(CN(C)C)[nH]c(=O)c12. The fourth-order valence-electron chi connectivity index (χ4n) is 2.49. The van der Waals surface area contributed by atoms with Crippen LogP contribution in [0.5, 0.6) is 0 Å². The Hall–Kier alpha value is -2.51. The number of aryl methyl sites for hydroxylation is 1. The largest absolute Gasteiger partial charge is 0.321 e. The maximum Gasteiger partial charge on any atom is 0.266 e. The number of benzene rings is 1. The molecule has 24 heavy (non-hydrogen) atoms. The minimum Gasteiger partial charge on any atom is -0.321 e. The highest BCUT2D eigenvalue weighted by Crippen LogP contribution is 2.27. The van der Waals surface area contributed by atoms with Crippen molar-refractivity contribution in [1.82, 2.24) is 14.9 Å². The van der Waals surface area contributed by atoms with Crippen molar-refractivity contribution in [3.8, 4) is 0 Å². The van der Waals surface area contributed by atoms with Crippen molar-refractivity contribution in [3.63, 3.8) is 0 Å². The second-order valence-corrected chi connectivity index (χ2v) is 6.81. The summed E-state index contributed by atoms with van der Waals surface area (Å²) in [5, 5.41) is 3.34. The molecule has 0 spiro atoms. The molecule has 0 unspecified atom stereocenters. The summed E-state index contributed by atoms with van der Waals surface area (Å²) >= 11 is 1.24. The highest BCUT2D eigenvalue weighted by Gasteiger charge is 2.19. The fraction of sp³-hybridized carbons (Fsp3) is 0.235. The summed E-state index contributed by atoms with van der Waals surface area (Å²) in [6.45, 7) is 2.31. The molecule has 0 aliphatic carbocycles. The number of carbonyl (C=O) groups is 1. The van der Waals surface area contributed by atoms with Crippen molar-refractivity contribution < 1.29 is 4.79 Å². The van der Waals surface area contributed by atoms with E-state index in [4.69, 9.17) is 0 Å². The number of aromatic amines is 1. The van der Waals surface area contributed by atoms with Gasteiger partial charge in [-0.1, -0.05) is 18.2 Å². The van der Waals surface area contributed by atoms with Crippen LogP contribution < -0.4 is 10.9 Å². The quantitative estimate of drug-likeness (QED) is 0.764. The van der Waals surface area contributed by atoms with Crippen LogP contribution in [0, 0.1) is 6.92 Å². The number of carbonyl (C=O) groups excluding carboxylic acids is 1. The van der Waals surface area contributed by atoms with Crippen LogP contribution in [0.15, 0.2) is 35.1 Å². The molecule has 3 aromatic rings. The minimum absolute atomic E-state index is 0.204. The van der Waals surface area contributed by atoms with Gasteiger partial charge in [-0.15, -0.1) is 11.3 Å². The van der Waals surface area contributed by atoms with Crippen LogP contribution in [0.25, 0.3) is 10.2 Å². The Balaban J connectivity index is 2.00. The first-order valence-corrected chi connectivity index (χ1v) is 8.31. The van der Waals surface area contributed by atoms with E-state index >= 15 is 0 Å². The van der Waals surface area contributed by atoms with Gasteiger partial charge in [-0.3, -0.25) is 9.59 Å². The molecular weight excluding hydrogens is 324 g/mol. The molecule has 0 radical (unpaired) electrons. The van der Waals surface area contributed by atoms with Crippen molar-refractivity contribution in [2.45, 2.75) is 13.5 Å². The molecule has 0 bridgehead atoms.